The third kappa shape index (κ3) is 29.8. The number of carbonyl (C=O) groups is 5. The van der Waals surface area contributed by atoms with E-state index in [-0.39, 0.29) is 25.6 Å². The molecule has 15 aromatic rings. The van der Waals surface area contributed by atoms with Crippen LogP contribution in [0.15, 0.2) is 320 Å². The first-order valence-corrected chi connectivity index (χ1v) is 40.0. The van der Waals surface area contributed by atoms with Crippen LogP contribution in [0.3, 0.4) is 0 Å². The van der Waals surface area contributed by atoms with Crippen molar-refractivity contribution in [2.24, 2.45) is 5.73 Å². The van der Waals surface area contributed by atoms with Gasteiger partial charge in [-0.3, -0.25) is 29.8 Å². The lowest BCUT2D eigenvalue weighted by molar-refractivity contribution is -0.510. The fourth-order valence-corrected chi connectivity index (χ4v) is 12.5. The number of rotatable bonds is 24. The highest BCUT2D eigenvalue weighted by Crippen LogP contribution is 2.34. The van der Waals surface area contributed by atoms with Crippen molar-refractivity contribution in [3.8, 4) is 79.4 Å². The van der Waals surface area contributed by atoms with Crippen LogP contribution in [0.4, 0.5) is 5.69 Å². The van der Waals surface area contributed by atoms with E-state index in [1.807, 2.05) is 244 Å². The molecule has 0 aliphatic carbocycles. The fourth-order valence-electron chi connectivity index (χ4n) is 12.2. The normalized spacial score (nSPS) is 10.8. The van der Waals surface area contributed by atoms with Crippen LogP contribution in [0.5, 0.6) is 46.0 Å². The van der Waals surface area contributed by atoms with Gasteiger partial charge in [-0.15, -0.1) is 0 Å². The summed E-state index contributed by atoms with van der Waals surface area (Å²) in [6.45, 7) is 7.97. The molecule has 0 radical (unpaired) electrons. The van der Waals surface area contributed by atoms with Crippen molar-refractivity contribution in [3.05, 3.63) is 363 Å². The predicted molar refractivity (Wildman–Crippen MR) is 487 cm³/mol. The van der Waals surface area contributed by atoms with Crippen molar-refractivity contribution < 1.29 is 82.1 Å². The van der Waals surface area contributed by atoms with Crippen molar-refractivity contribution >= 4 is 104 Å². The Morgan fingerprint density at radius 3 is 1.25 bits per heavy atom. The molecule has 0 saturated carbocycles. The number of hydrogen-bond acceptors (Lipinski definition) is 20. The highest BCUT2D eigenvalue weighted by molar-refractivity contribution is 9.10. The van der Waals surface area contributed by atoms with Gasteiger partial charge in [0.25, 0.3) is 12.5 Å². The maximum Gasteiger partial charge on any atom is 0.488 e. The topological polar surface area (TPSA) is 382 Å². The van der Waals surface area contributed by atoms with E-state index < -0.39 is 53.5 Å². The molecule has 0 fully saturated rings. The summed E-state index contributed by atoms with van der Waals surface area (Å²) in [6.07, 6.45) is 10.8. The second-order valence-electron chi connectivity index (χ2n) is 26.9. The van der Waals surface area contributed by atoms with Gasteiger partial charge in [0, 0.05) is 85.7 Å². The number of fused-ring (bicyclic) bond motifs is 4. The number of H-pyrrole nitrogens is 3. The van der Waals surface area contributed by atoms with Crippen molar-refractivity contribution in [1.82, 2.24) is 15.0 Å². The monoisotopic (exact) mass is 1750 g/mol. The molecule has 0 saturated heterocycles. The summed E-state index contributed by atoms with van der Waals surface area (Å²) in [5.74, 6) is 3.41. The molecular weight excluding hydrogens is 1660 g/mol. The second kappa shape index (κ2) is 48.8. The highest BCUT2D eigenvalue weighted by atomic mass is 79.9. The molecule has 9 N–H and O–H groups in total. The summed E-state index contributed by atoms with van der Waals surface area (Å²) in [5, 5.41) is 52.3. The number of aliphatic carboxylic acids is 1. The average molecular weight is 1750 g/mol. The number of esters is 3. The van der Waals surface area contributed by atoms with Crippen LogP contribution in [0.1, 0.15) is 44.4 Å². The van der Waals surface area contributed by atoms with E-state index in [0.29, 0.717) is 29.8 Å². The third-order valence-corrected chi connectivity index (χ3v) is 18.5. The Kier molecular flexibility index (Phi) is 36.5. The van der Waals surface area contributed by atoms with Crippen LogP contribution in [-0.4, -0.2) is 116 Å². The summed E-state index contributed by atoms with van der Waals surface area (Å²) >= 11 is 3.38. The maximum atomic E-state index is 11.9. The Labute approximate surface area is 729 Å². The minimum atomic E-state index is -1.44. The van der Waals surface area contributed by atoms with Gasteiger partial charge >= 0.3 is 31.1 Å². The molecule has 0 amide bonds. The molecule has 28 heteroatoms. The van der Waals surface area contributed by atoms with Crippen LogP contribution in [0, 0.1) is 26.4 Å². The number of ether oxygens (including phenoxy) is 7. The molecule has 26 nitrogen and oxygen atoms in total. The molecule has 2 unspecified atom stereocenters. The van der Waals surface area contributed by atoms with Gasteiger partial charge in [-0.1, -0.05) is 158 Å². The van der Waals surface area contributed by atoms with E-state index in [1.54, 1.807) is 51.2 Å². The molecule has 2 atom stereocenters. The molecule has 3 aromatic heterocycles. The van der Waals surface area contributed by atoms with Crippen molar-refractivity contribution in [3.63, 3.8) is 0 Å². The van der Waals surface area contributed by atoms with Gasteiger partial charge in [0.15, 0.2) is 11.3 Å². The van der Waals surface area contributed by atoms with Crippen LogP contribution in [0.2, 0.25) is 0 Å². The smallest absolute Gasteiger partial charge is 0.481 e. The van der Waals surface area contributed by atoms with Gasteiger partial charge in [-0.25, -0.2) is 9.59 Å². The number of carboxylic acid groups (broad SMARTS) is 1. The quantitative estimate of drug-likeness (QED) is 0.00695. The molecule has 636 valence electrons. The number of nitrogens with one attached hydrogen (secondary N) is 4. The van der Waals surface area contributed by atoms with E-state index in [2.05, 4.69) is 102 Å². The first-order valence-electron chi connectivity index (χ1n) is 39.2. The maximum absolute atomic E-state index is 11.9. The summed E-state index contributed by atoms with van der Waals surface area (Å²) < 4.78 is 38.3. The number of nitrogens with two attached hydrogens (primary N) is 1. The molecule has 1 aliphatic rings. The van der Waals surface area contributed by atoms with Crippen LogP contribution in [0.25, 0.3) is 72.2 Å². The SMILES string of the molecule is Brc1ccc2c(c1)N[C+]=C2.C=O.CC(=O)O.CCOC(=O)C(Cc1c[nH]c2cc(-c3ccc(Oc4ccccc4)cc3)ccc12)[N+](=O)[O-].CCOC(=O)C(N)Cc1c[nH]c2cc(-c3ccc(Oc4ccccc4)cc3)ccc12.CCOC(=O)C[N+](=O)[O-].OB(O)c1ccc(Oc2ccccc2)cc1.c1ccc(Oc2ccc(-c3ccc4cc[nH]c4c3)cc2)cc1. The van der Waals surface area contributed by atoms with E-state index in [0.717, 1.165) is 112 Å². The first-order chi connectivity index (χ1) is 60.6. The third-order valence-electron chi connectivity index (χ3n) is 18.0. The van der Waals surface area contributed by atoms with Crippen LogP contribution < -0.4 is 35.5 Å². The van der Waals surface area contributed by atoms with Crippen LogP contribution in [-0.2, 0) is 51.0 Å². The van der Waals surface area contributed by atoms with Crippen molar-refractivity contribution in [1.29, 1.82) is 0 Å². The molecule has 1 aliphatic heterocycles. The number of carbonyl (C=O) groups excluding carboxylic acids is 4. The van der Waals surface area contributed by atoms with Gasteiger partial charge in [0.05, 0.1) is 26.2 Å². The zero-order valence-corrected chi connectivity index (χ0v) is 70.1. The van der Waals surface area contributed by atoms with E-state index >= 15 is 0 Å². The molecule has 16 rings (SSSR count). The van der Waals surface area contributed by atoms with E-state index in [4.69, 9.17) is 58.9 Å². The summed E-state index contributed by atoms with van der Waals surface area (Å²) in [7, 11) is -1.44. The fraction of sp³-hybridized carbons (Fsp3) is 0.124. The number of anilines is 1. The predicted octanol–water partition coefficient (Wildman–Crippen LogP) is 19.6. The molecule has 12 aromatic carbocycles. The Hall–Kier alpha value is -15.3. The number of aromatic amines is 3. The number of aromatic nitrogens is 3. The molecule has 0 spiro atoms. The van der Waals surface area contributed by atoms with Gasteiger partial charge in [0.2, 0.25) is 0 Å². The van der Waals surface area contributed by atoms with Gasteiger partial charge in [-0.05, 0) is 219 Å². The van der Waals surface area contributed by atoms with Crippen LogP contribution >= 0.6 is 15.9 Å². The molecule has 4 heterocycles. The molecule has 0 bridgehead atoms. The number of para-hydroxylation sites is 4. The lowest BCUT2D eigenvalue weighted by Gasteiger charge is -2.10. The van der Waals surface area contributed by atoms with Gasteiger partial charge in [-0.2, -0.15) is 5.32 Å². The number of halogens is 1. The van der Waals surface area contributed by atoms with Crippen molar-refractivity contribution in [2.45, 2.75) is 52.6 Å². The first kappa shape index (κ1) is 93.6. The zero-order valence-electron chi connectivity index (χ0n) is 68.5. The number of hydrogen-bond donors (Lipinski definition) is 8. The standard InChI is InChI=1S/C25H22N2O5.C25H24N2O3.C20H15NO.C12H11BO3.C8H5BrN.C4H7NO4.C2H4O2.CH2O/c1-2-31-25(28)24(27(29)30)15-19-16-26-23-14-18(10-13-22(19)23)17-8-11-21(12-9-17)32-20-6-4-3-5-7-20;1-2-29-25(28)23(26)14-19-16-27-24-15-18(10-13-22(19)24)17-8-11-21(12-9-17)30-20-6-4-3-5-7-20;1-2-4-18(5-3-1)22-19-10-8-15(9-11-19)17-7-6-16-12-13-21-20(16)14-17;14-13(15)10-6-8-12(9-7-10)16-11-4-2-1-3-5-11;9-7-2-1-6-3-4-10-8(6)5-7;1-2-9-4(6)3-5(7)8;1-2(3)4;1-2/h3-14,16,24,26H,2,15H2,1H3;3-13,15-16,23,27H,2,14,26H2,1H3;1-14,21H;1-9,14-15H;1-3,5,10H;2-3H2,1H3;1H3,(H,3,4);1H2/q;;;;+1;;;. The van der Waals surface area contributed by atoms with E-state index in [9.17, 15) is 34.6 Å². The number of carboxylic acids is 1. The Morgan fingerprint density at radius 1 is 0.472 bits per heavy atom. The lowest BCUT2D eigenvalue weighted by atomic mass is 9.80. The molecular formula is C97H90BBrN7O19+. The summed E-state index contributed by atoms with van der Waals surface area (Å²) in [5.41, 5.74) is 20.0. The lowest BCUT2D eigenvalue weighted by Crippen LogP contribution is -2.34. The Morgan fingerprint density at radius 2 is 0.848 bits per heavy atom. The van der Waals surface area contributed by atoms with E-state index in [1.165, 1.54) is 22.1 Å². The minimum Gasteiger partial charge on any atom is -0.481 e. The van der Waals surface area contributed by atoms with Crippen molar-refractivity contribution in [2.75, 3.05) is 31.7 Å². The number of nitrogens with zero attached hydrogens (tertiary/aromatic N) is 2. The average Bonchev–Trinajstić information content (AvgIpc) is 1.67. The zero-order chi connectivity index (χ0) is 89.4. The van der Waals surface area contributed by atoms with Gasteiger partial charge < -0.3 is 73.8 Å². The number of nitro groups is 2. The number of benzene rings is 12. The molecule has 125 heavy (non-hydrogen) atoms. The summed E-state index contributed by atoms with van der Waals surface area (Å²) in [4.78, 5) is 80.3. The summed E-state index contributed by atoms with van der Waals surface area (Å²) in [6, 6.07) is 93.7. The Bertz CT molecular complexity index is 5960. The highest BCUT2D eigenvalue weighted by Gasteiger charge is 2.32. The largest absolute Gasteiger partial charge is 0.488 e. The second-order valence-corrected chi connectivity index (χ2v) is 27.8. The minimum absolute atomic E-state index is 0.0310. The van der Waals surface area contributed by atoms with Gasteiger partial charge in [0.1, 0.15) is 71.1 Å². The Balaban J connectivity index is 0.000000176.